The maximum absolute atomic E-state index is 14.3. The molecule has 2 heterocycles. The number of aromatic nitrogens is 4. The number of aryl methyl sites for hydroxylation is 1. The lowest BCUT2D eigenvalue weighted by Crippen LogP contribution is -2.32. The Balaban J connectivity index is 0.000000445. The van der Waals surface area contributed by atoms with Gasteiger partial charge >= 0.3 is 12.1 Å². The quantitative estimate of drug-likeness (QED) is 0.143. The van der Waals surface area contributed by atoms with Crippen LogP contribution in [0, 0.1) is 6.92 Å². The van der Waals surface area contributed by atoms with Crippen LogP contribution in [0.2, 0.25) is 5.02 Å². The molecule has 0 aliphatic rings. The van der Waals surface area contributed by atoms with E-state index in [1.165, 1.54) is 47.3 Å². The van der Waals surface area contributed by atoms with E-state index in [4.69, 9.17) is 37.5 Å². The number of ether oxygens (including phenoxy) is 1. The number of benzene rings is 3. The molecule has 0 spiro atoms. The van der Waals surface area contributed by atoms with Crippen molar-refractivity contribution in [3.05, 3.63) is 113 Å². The Kier molecular flexibility index (Phi) is 11.1. The molecule has 2 unspecified atom stereocenters. The molecular formula is C31H28ClF3N6O6S. The molecule has 2 atom stereocenters. The van der Waals surface area contributed by atoms with Gasteiger partial charge in [-0.15, -0.1) is 0 Å². The molecule has 5 aromatic rings. The van der Waals surface area contributed by atoms with Crippen molar-refractivity contribution in [2.45, 2.75) is 36.6 Å². The van der Waals surface area contributed by atoms with Gasteiger partial charge in [-0.2, -0.15) is 31.7 Å². The summed E-state index contributed by atoms with van der Waals surface area (Å²) in [5.74, 6) is -1.83. The molecule has 17 heteroatoms. The first kappa shape index (κ1) is 35.8. The third kappa shape index (κ3) is 9.51. The van der Waals surface area contributed by atoms with Gasteiger partial charge in [0.1, 0.15) is 6.04 Å². The Hall–Kier alpha value is -5.03. The van der Waals surface area contributed by atoms with Crippen LogP contribution < -0.4 is 16.2 Å². The minimum atomic E-state index is -4.84. The predicted molar refractivity (Wildman–Crippen MR) is 170 cm³/mol. The van der Waals surface area contributed by atoms with Gasteiger partial charge in [0.2, 0.25) is 17.9 Å². The molecule has 0 amide bonds. The largest absolute Gasteiger partial charge is 0.480 e. The van der Waals surface area contributed by atoms with Gasteiger partial charge < -0.3 is 21.3 Å². The highest BCUT2D eigenvalue weighted by Gasteiger charge is 2.45. The number of anilines is 1. The number of carboxylic acid groups (broad SMARTS) is 1. The van der Waals surface area contributed by atoms with Gasteiger partial charge in [-0.05, 0) is 49.2 Å². The summed E-state index contributed by atoms with van der Waals surface area (Å²) in [6.45, 7) is 1.71. The van der Waals surface area contributed by atoms with E-state index in [1.54, 1.807) is 55.5 Å². The molecule has 5 rings (SSSR count). The molecule has 0 radical (unpaired) electrons. The van der Waals surface area contributed by atoms with Crippen LogP contribution in [0.5, 0.6) is 5.88 Å². The first-order valence-corrected chi connectivity index (χ1v) is 15.6. The Bertz CT molecular complexity index is 1990. The minimum absolute atomic E-state index is 0.0741. The average Bonchev–Trinajstić information content (AvgIpc) is 3.46. The van der Waals surface area contributed by atoms with Crippen LogP contribution >= 0.6 is 11.6 Å². The lowest BCUT2D eigenvalue weighted by Gasteiger charge is -2.24. The zero-order chi connectivity index (χ0) is 35.2. The summed E-state index contributed by atoms with van der Waals surface area (Å²) in [5.41, 5.74) is 13.2. The summed E-state index contributed by atoms with van der Waals surface area (Å²) >= 11 is 6.08. The van der Waals surface area contributed by atoms with Crippen molar-refractivity contribution < 1.29 is 40.8 Å². The number of halogens is 4. The maximum atomic E-state index is 14.3. The highest BCUT2D eigenvalue weighted by Crippen LogP contribution is 2.40. The van der Waals surface area contributed by atoms with Gasteiger partial charge in [0, 0.05) is 28.4 Å². The van der Waals surface area contributed by atoms with E-state index in [9.17, 15) is 26.4 Å². The molecule has 6 N–H and O–H groups in total. The number of nitrogens with zero attached hydrogens (tertiary/aromatic N) is 4. The third-order valence-corrected chi connectivity index (χ3v) is 7.67. The second-order valence-electron chi connectivity index (χ2n) is 10.2. The third-order valence-electron chi connectivity index (χ3n) is 6.56. The number of hydrogen-bond acceptors (Lipinski definition) is 9. The van der Waals surface area contributed by atoms with Crippen LogP contribution in [0.25, 0.3) is 16.9 Å². The average molecular weight is 705 g/mol. The van der Waals surface area contributed by atoms with E-state index in [1.807, 2.05) is 0 Å². The van der Waals surface area contributed by atoms with E-state index < -0.39 is 40.3 Å². The monoisotopic (exact) mass is 704 g/mol. The van der Waals surface area contributed by atoms with Crippen LogP contribution in [-0.2, 0) is 21.3 Å². The zero-order valence-electron chi connectivity index (χ0n) is 24.9. The number of rotatable bonds is 9. The highest BCUT2D eigenvalue weighted by atomic mass is 35.5. The van der Waals surface area contributed by atoms with Crippen molar-refractivity contribution in [2.75, 3.05) is 5.73 Å². The first-order chi connectivity index (χ1) is 22.5. The number of carbonyl (C=O) groups is 1. The molecule has 48 heavy (non-hydrogen) atoms. The standard InChI is InChI=1S/C25H22ClF3N6O3.C6H6O3S/c1-13-8-9-35(34-13)20-11-16(26)6-7-17(20)22(25(27,28)29)38-21-12-19(32-24(31)33-21)15-4-2-14(3-5-15)10-18(30)23(36)37;7-10(8,9)6-4-2-1-3-5-6/h2-9,11-12,18,22H,10,30H2,1H3,(H,36,37)(H2,31,32,33);1-5H,(H,7,8,9). The zero-order valence-corrected chi connectivity index (χ0v) is 26.5. The Morgan fingerprint density at radius 2 is 1.69 bits per heavy atom. The van der Waals surface area contributed by atoms with Gasteiger partial charge in [-0.3, -0.25) is 9.35 Å². The smallest absolute Gasteiger partial charge is 0.429 e. The Morgan fingerprint density at radius 3 is 2.23 bits per heavy atom. The van der Waals surface area contributed by atoms with Crippen LogP contribution in [0.15, 0.2) is 96.0 Å². The van der Waals surface area contributed by atoms with E-state index in [-0.39, 0.29) is 39.2 Å². The highest BCUT2D eigenvalue weighted by molar-refractivity contribution is 7.85. The molecule has 3 aromatic carbocycles. The normalized spacial score (nSPS) is 12.8. The van der Waals surface area contributed by atoms with Crippen LogP contribution in [0.3, 0.4) is 0 Å². The SMILES string of the molecule is Cc1ccn(-c2cc(Cl)ccc2C(Oc2cc(-c3ccc(CC(N)C(=O)O)cc3)nc(N)n2)C(F)(F)F)n1.O=S(=O)(O)c1ccccc1. The van der Waals surface area contributed by atoms with Crippen molar-refractivity contribution in [3.63, 3.8) is 0 Å². The molecule has 0 fully saturated rings. The summed E-state index contributed by atoms with van der Waals surface area (Å²) < 4.78 is 78.8. The van der Waals surface area contributed by atoms with Gasteiger partial charge in [-0.1, -0.05) is 60.1 Å². The summed E-state index contributed by atoms with van der Waals surface area (Å²) in [6, 6.07) is 19.7. The number of alkyl halides is 3. The predicted octanol–water partition coefficient (Wildman–Crippen LogP) is 5.44. The van der Waals surface area contributed by atoms with Crippen molar-refractivity contribution in [3.8, 4) is 22.8 Å². The molecule has 12 nitrogen and oxygen atoms in total. The summed E-state index contributed by atoms with van der Waals surface area (Å²) in [7, 11) is -4.00. The van der Waals surface area contributed by atoms with Crippen LogP contribution in [0.1, 0.15) is 22.9 Å². The van der Waals surface area contributed by atoms with Gasteiger partial charge in [-0.25, -0.2) is 9.67 Å². The van der Waals surface area contributed by atoms with Crippen LogP contribution in [0.4, 0.5) is 19.1 Å². The molecule has 0 saturated carbocycles. The van der Waals surface area contributed by atoms with Gasteiger partial charge in [0.25, 0.3) is 10.1 Å². The fourth-order valence-electron chi connectivity index (χ4n) is 4.31. The van der Waals surface area contributed by atoms with E-state index in [2.05, 4.69) is 15.1 Å². The number of nitrogens with two attached hydrogens (primary N) is 2. The summed E-state index contributed by atoms with van der Waals surface area (Å²) in [6.07, 6.45) is -5.65. The number of aliphatic carboxylic acids is 1. The van der Waals surface area contributed by atoms with Crippen LogP contribution in [-0.4, -0.2) is 56.0 Å². The molecule has 0 bridgehead atoms. The molecular weight excluding hydrogens is 677 g/mol. The van der Waals surface area contributed by atoms with Gasteiger partial charge in [0.15, 0.2) is 0 Å². The first-order valence-electron chi connectivity index (χ1n) is 13.8. The Morgan fingerprint density at radius 1 is 1.02 bits per heavy atom. The second kappa shape index (κ2) is 14.8. The van der Waals surface area contributed by atoms with Crippen molar-refractivity contribution in [1.82, 2.24) is 19.7 Å². The maximum Gasteiger partial charge on any atom is 0.429 e. The van der Waals surface area contributed by atoms with E-state index in [0.717, 1.165) is 0 Å². The minimum Gasteiger partial charge on any atom is -0.480 e. The number of hydrogen-bond donors (Lipinski definition) is 4. The Labute approximate surface area is 277 Å². The lowest BCUT2D eigenvalue weighted by atomic mass is 10.0. The van der Waals surface area contributed by atoms with E-state index in [0.29, 0.717) is 16.8 Å². The van der Waals surface area contributed by atoms with Crippen molar-refractivity contribution in [1.29, 1.82) is 0 Å². The van der Waals surface area contributed by atoms with Crippen molar-refractivity contribution in [2.24, 2.45) is 5.73 Å². The molecule has 2 aromatic heterocycles. The second-order valence-corrected chi connectivity index (χ2v) is 12.1. The summed E-state index contributed by atoms with van der Waals surface area (Å²) in [5, 5.41) is 13.4. The summed E-state index contributed by atoms with van der Waals surface area (Å²) in [4.78, 5) is 18.9. The number of carboxylic acids is 1. The van der Waals surface area contributed by atoms with E-state index >= 15 is 0 Å². The topological polar surface area (TPSA) is 197 Å². The fraction of sp³-hybridized carbons (Fsp3) is 0.161. The molecule has 252 valence electrons. The molecule has 0 aliphatic heterocycles. The lowest BCUT2D eigenvalue weighted by molar-refractivity contribution is -0.198. The molecule has 0 saturated heterocycles. The fourth-order valence-corrected chi connectivity index (χ4v) is 4.98. The number of nitrogen functional groups attached to an aromatic ring is 1. The van der Waals surface area contributed by atoms with Gasteiger partial charge in [0.05, 0.1) is 22.0 Å². The molecule has 0 aliphatic carbocycles. The van der Waals surface area contributed by atoms with Crippen molar-refractivity contribution >= 4 is 33.6 Å².